The van der Waals surface area contributed by atoms with Crippen LogP contribution in [0, 0.1) is 12.3 Å². The summed E-state index contributed by atoms with van der Waals surface area (Å²) in [6.07, 6.45) is 8.09. The Morgan fingerprint density at radius 2 is 1.87 bits per heavy atom. The molecule has 0 aromatic carbocycles. The molecule has 2 amide bonds. The van der Waals surface area contributed by atoms with Crippen LogP contribution in [0.2, 0.25) is 0 Å². The standard InChI is InChI=1S/C17H28N2O4/c1-6-12(2)18-15(20)11-22-14-9-7-13(8-10-14)19-16(21)23-17(3,4)5/h1,12-14H,7-11H2,2-5H3,(H,18,20)(H,19,21)/t12-,13?,14?/m0/s1. The third-order valence-corrected chi connectivity index (χ3v) is 3.47. The van der Waals surface area contributed by atoms with Crippen molar-refractivity contribution in [3.05, 3.63) is 0 Å². The fourth-order valence-electron chi connectivity index (χ4n) is 2.37. The van der Waals surface area contributed by atoms with Crippen LogP contribution in [0.1, 0.15) is 53.4 Å². The van der Waals surface area contributed by atoms with E-state index >= 15 is 0 Å². The zero-order chi connectivity index (χ0) is 17.5. The molecule has 0 aliphatic heterocycles. The zero-order valence-corrected chi connectivity index (χ0v) is 14.5. The lowest BCUT2D eigenvalue weighted by Crippen LogP contribution is -2.42. The minimum atomic E-state index is -0.493. The lowest BCUT2D eigenvalue weighted by atomic mass is 9.93. The number of amides is 2. The average Bonchev–Trinajstić information content (AvgIpc) is 2.44. The summed E-state index contributed by atoms with van der Waals surface area (Å²) in [6.45, 7) is 7.27. The van der Waals surface area contributed by atoms with Gasteiger partial charge in [0.15, 0.2) is 0 Å². The van der Waals surface area contributed by atoms with Crippen molar-refractivity contribution >= 4 is 12.0 Å². The van der Waals surface area contributed by atoms with E-state index in [1.807, 2.05) is 20.8 Å². The van der Waals surface area contributed by atoms with Gasteiger partial charge >= 0.3 is 6.09 Å². The van der Waals surface area contributed by atoms with Crippen molar-refractivity contribution in [1.82, 2.24) is 10.6 Å². The second-order valence-corrected chi connectivity index (χ2v) is 6.89. The second-order valence-electron chi connectivity index (χ2n) is 6.89. The third kappa shape index (κ3) is 8.46. The largest absolute Gasteiger partial charge is 0.444 e. The molecule has 0 spiro atoms. The van der Waals surface area contributed by atoms with Gasteiger partial charge in [-0.25, -0.2) is 4.79 Å². The summed E-state index contributed by atoms with van der Waals surface area (Å²) in [4.78, 5) is 23.3. The quantitative estimate of drug-likeness (QED) is 0.758. The summed E-state index contributed by atoms with van der Waals surface area (Å²) in [5.74, 6) is 2.23. The van der Waals surface area contributed by atoms with Crippen molar-refractivity contribution in [2.75, 3.05) is 6.61 Å². The van der Waals surface area contributed by atoms with Gasteiger partial charge in [-0.05, 0) is 53.4 Å². The summed E-state index contributed by atoms with van der Waals surface area (Å²) >= 11 is 0. The Hall–Kier alpha value is -1.74. The normalized spacial score (nSPS) is 22.6. The molecule has 6 heteroatoms. The molecule has 0 unspecified atom stereocenters. The highest BCUT2D eigenvalue weighted by Crippen LogP contribution is 2.21. The molecule has 1 atom stereocenters. The fourth-order valence-corrected chi connectivity index (χ4v) is 2.37. The van der Waals surface area contributed by atoms with Gasteiger partial charge in [0.1, 0.15) is 12.2 Å². The van der Waals surface area contributed by atoms with E-state index in [1.165, 1.54) is 0 Å². The van der Waals surface area contributed by atoms with Crippen LogP contribution >= 0.6 is 0 Å². The maximum absolute atomic E-state index is 11.7. The summed E-state index contributed by atoms with van der Waals surface area (Å²) in [5.41, 5.74) is -0.493. The van der Waals surface area contributed by atoms with Crippen LogP contribution in [-0.2, 0) is 14.3 Å². The SMILES string of the molecule is C#C[C@H](C)NC(=O)COC1CCC(NC(=O)OC(C)(C)C)CC1. The van der Waals surface area contributed by atoms with E-state index in [1.54, 1.807) is 6.92 Å². The summed E-state index contributed by atoms with van der Waals surface area (Å²) < 4.78 is 10.8. The van der Waals surface area contributed by atoms with Crippen LogP contribution in [0.5, 0.6) is 0 Å². The van der Waals surface area contributed by atoms with Crippen LogP contribution in [0.4, 0.5) is 4.79 Å². The molecule has 1 saturated carbocycles. The lowest BCUT2D eigenvalue weighted by Gasteiger charge is -2.30. The number of hydrogen-bond acceptors (Lipinski definition) is 4. The molecule has 0 bridgehead atoms. The Labute approximate surface area is 138 Å². The average molecular weight is 324 g/mol. The molecule has 1 rings (SSSR count). The molecular formula is C17H28N2O4. The maximum atomic E-state index is 11.7. The first-order chi connectivity index (χ1) is 10.7. The first-order valence-corrected chi connectivity index (χ1v) is 8.06. The number of alkyl carbamates (subject to hydrolysis) is 1. The smallest absolute Gasteiger partial charge is 0.407 e. The first-order valence-electron chi connectivity index (χ1n) is 8.06. The molecule has 1 aliphatic rings. The van der Waals surface area contributed by atoms with Gasteiger partial charge in [-0.15, -0.1) is 6.42 Å². The second kappa shape index (κ2) is 8.78. The topological polar surface area (TPSA) is 76.7 Å². The van der Waals surface area contributed by atoms with E-state index in [4.69, 9.17) is 15.9 Å². The Balaban J connectivity index is 2.22. The molecule has 0 saturated heterocycles. The predicted molar refractivity (Wildman–Crippen MR) is 87.8 cm³/mol. The number of rotatable bonds is 5. The zero-order valence-electron chi connectivity index (χ0n) is 14.5. The van der Waals surface area contributed by atoms with Gasteiger partial charge in [0.2, 0.25) is 5.91 Å². The van der Waals surface area contributed by atoms with Crippen molar-refractivity contribution in [2.45, 2.75) is 77.2 Å². The van der Waals surface area contributed by atoms with Crippen molar-refractivity contribution in [2.24, 2.45) is 0 Å². The van der Waals surface area contributed by atoms with Crippen LogP contribution in [0.25, 0.3) is 0 Å². The molecule has 23 heavy (non-hydrogen) atoms. The molecular weight excluding hydrogens is 296 g/mol. The van der Waals surface area contributed by atoms with Crippen LogP contribution in [0.15, 0.2) is 0 Å². The first kappa shape index (κ1) is 19.3. The number of hydrogen-bond donors (Lipinski definition) is 2. The number of ether oxygens (including phenoxy) is 2. The predicted octanol–water partition coefficient (Wildman–Crippen LogP) is 1.98. The minimum absolute atomic E-state index is 0.0147. The van der Waals surface area contributed by atoms with E-state index in [9.17, 15) is 9.59 Å². The van der Waals surface area contributed by atoms with Crippen molar-refractivity contribution in [3.8, 4) is 12.3 Å². The van der Waals surface area contributed by atoms with Gasteiger partial charge in [0.05, 0.1) is 12.1 Å². The monoisotopic (exact) mass is 324 g/mol. The highest BCUT2D eigenvalue weighted by molar-refractivity contribution is 5.77. The van der Waals surface area contributed by atoms with Gasteiger partial charge in [-0.3, -0.25) is 4.79 Å². The molecule has 0 aromatic heterocycles. The van der Waals surface area contributed by atoms with Crippen molar-refractivity contribution in [3.63, 3.8) is 0 Å². The Morgan fingerprint density at radius 1 is 1.26 bits per heavy atom. The molecule has 130 valence electrons. The van der Waals surface area contributed by atoms with Crippen molar-refractivity contribution in [1.29, 1.82) is 0 Å². The van der Waals surface area contributed by atoms with Gasteiger partial charge < -0.3 is 20.1 Å². The van der Waals surface area contributed by atoms with Crippen LogP contribution < -0.4 is 10.6 Å². The lowest BCUT2D eigenvalue weighted by molar-refractivity contribution is -0.128. The van der Waals surface area contributed by atoms with Crippen LogP contribution in [0.3, 0.4) is 0 Å². The van der Waals surface area contributed by atoms with Gasteiger partial charge in [-0.2, -0.15) is 0 Å². The van der Waals surface area contributed by atoms with Gasteiger partial charge in [0, 0.05) is 6.04 Å². The number of nitrogens with one attached hydrogen (secondary N) is 2. The van der Waals surface area contributed by atoms with Crippen molar-refractivity contribution < 1.29 is 19.1 Å². The molecule has 0 radical (unpaired) electrons. The Bertz CT molecular complexity index is 442. The van der Waals surface area contributed by atoms with E-state index in [2.05, 4.69) is 16.6 Å². The van der Waals surface area contributed by atoms with E-state index in [0.717, 1.165) is 25.7 Å². The van der Waals surface area contributed by atoms with E-state index < -0.39 is 5.60 Å². The maximum Gasteiger partial charge on any atom is 0.407 e. The van der Waals surface area contributed by atoms with Gasteiger partial charge in [-0.1, -0.05) is 5.92 Å². The molecule has 6 nitrogen and oxygen atoms in total. The molecule has 1 fully saturated rings. The molecule has 2 N–H and O–H groups in total. The van der Waals surface area contributed by atoms with Crippen LogP contribution in [-0.4, -0.2) is 42.4 Å². The number of terminal acetylenes is 1. The molecule has 1 aliphatic carbocycles. The Morgan fingerprint density at radius 3 is 2.39 bits per heavy atom. The number of carbonyl (C=O) groups excluding carboxylic acids is 2. The fraction of sp³-hybridized carbons (Fsp3) is 0.765. The summed E-state index contributed by atoms with van der Waals surface area (Å²) in [6, 6.07) is -0.195. The highest BCUT2D eigenvalue weighted by atomic mass is 16.6. The summed E-state index contributed by atoms with van der Waals surface area (Å²) in [7, 11) is 0. The highest BCUT2D eigenvalue weighted by Gasteiger charge is 2.25. The Kier molecular flexibility index (Phi) is 7.37. The van der Waals surface area contributed by atoms with E-state index in [-0.39, 0.29) is 36.8 Å². The minimum Gasteiger partial charge on any atom is -0.444 e. The van der Waals surface area contributed by atoms with Gasteiger partial charge in [0.25, 0.3) is 0 Å². The molecule has 0 heterocycles. The summed E-state index contributed by atoms with van der Waals surface area (Å²) in [5, 5.41) is 5.53. The molecule has 0 aromatic rings. The number of carbonyl (C=O) groups is 2. The van der Waals surface area contributed by atoms with E-state index in [0.29, 0.717) is 0 Å². The third-order valence-electron chi connectivity index (χ3n) is 3.47.